The highest BCUT2D eigenvalue weighted by atomic mass is 19.1. The van der Waals surface area contributed by atoms with Crippen LogP contribution in [0.25, 0.3) is 0 Å². The topological polar surface area (TPSA) is 53.6 Å². The van der Waals surface area contributed by atoms with E-state index in [1.165, 1.54) is 13.2 Å². The van der Waals surface area contributed by atoms with E-state index in [4.69, 9.17) is 4.74 Å². The maximum absolute atomic E-state index is 13.7. The number of nitrogens with zero attached hydrogens (tertiary/aromatic N) is 1. The average molecular weight is 295 g/mol. The molecule has 1 fully saturated rings. The van der Waals surface area contributed by atoms with Crippen LogP contribution in [0.5, 0.6) is 5.75 Å². The minimum absolute atomic E-state index is 0.0127. The summed E-state index contributed by atoms with van der Waals surface area (Å²) in [5, 5.41) is 6.07. The van der Waals surface area contributed by atoms with Gasteiger partial charge < -0.3 is 15.4 Å². The quantitative estimate of drug-likeness (QED) is 0.841. The van der Waals surface area contributed by atoms with Crippen LogP contribution in [0.4, 0.5) is 4.39 Å². The lowest BCUT2D eigenvalue weighted by Gasteiger charge is -2.35. The van der Waals surface area contributed by atoms with Crippen LogP contribution in [0.15, 0.2) is 18.2 Å². The number of carbonyl (C=O) groups is 1. The molecule has 21 heavy (non-hydrogen) atoms. The predicted octanol–water partition coefficient (Wildman–Crippen LogP) is 0.744. The molecule has 1 saturated heterocycles. The number of methoxy groups -OCH3 is 1. The smallest absolute Gasteiger partial charge is 0.238 e. The van der Waals surface area contributed by atoms with Crippen LogP contribution in [0.2, 0.25) is 0 Å². The Kier molecular flexibility index (Phi) is 5.52. The van der Waals surface area contributed by atoms with Crippen molar-refractivity contribution in [2.24, 2.45) is 0 Å². The van der Waals surface area contributed by atoms with E-state index in [0.717, 1.165) is 18.7 Å². The minimum Gasteiger partial charge on any atom is -0.494 e. The second kappa shape index (κ2) is 7.38. The third kappa shape index (κ3) is 3.92. The Balaban J connectivity index is 2.08. The zero-order valence-electron chi connectivity index (χ0n) is 12.5. The molecule has 116 valence electrons. The number of ether oxygens (including phenoxy) is 1. The molecule has 0 spiro atoms. The molecule has 2 N–H and O–H groups in total. The second-order valence-electron chi connectivity index (χ2n) is 5.05. The van der Waals surface area contributed by atoms with Gasteiger partial charge in [-0.05, 0) is 24.6 Å². The molecule has 0 saturated carbocycles. The molecule has 1 atom stereocenters. The van der Waals surface area contributed by atoms with Gasteiger partial charge in [0.1, 0.15) is 6.04 Å². The van der Waals surface area contributed by atoms with Gasteiger partial charge >= 0.3 is 0 Å². The Hall–Kier alpha value is -1.66. The normalized spacial score (nSPS) is 19.3. The van der Waals surface area contributed by atoms with E-state index in [1.807, 2.05) is 13.0 Å². The Labute approximate surface area is 124 Å². The summed E-state index contributed by atoms with van der Waals surface area (Å²) in [4.78, 5) is 14.2. The summed E-state index contributed by atoms with van der Waals surface area (Å²) in [5.74, 6) is -0.127. The summed E-state index contributed by atoms with van der Waals surface area (Å²) in [6.45, 7) is 5.26. The number of amides is 1. The van der Waals surface area contributed by atoms with Crippen molar-refractivity contribution in [3.8, 4) is 5.75 Å². The first-order chi connectivity index (χ1) is 10.2. The highest BCUT2D eigenvalue weighted by Crippen LogP contribution is 2.19. The lowest BCUT2D eigenvalue weighted by atomic mass is 10.1. The van der Waals surface area contributed by atoms with Crippen LogP contribution in [0.1, 0.15) is 12.5 Å². The Morgan fingerprint density at radius 1 is 1.57 bits per heavy atom. The molecule has 1 heterocycles. The number of piperazine rings is 1. The summed E-state index contributed by atoms with van der Waals surface area (Å²) in [5.41, 5.74) is 0.837. The highest BCUT2D eigenvalue weighted by molar-refractivity contribution is 5.82. The molecule has 1 aromatic rings. The number of nitrogens with one attached hydrogen (secondary N) is 2. The molecule has 1 aliphatic rings. The molecule has 6 heteroatoms. The van der Waals surface area contributed by atoms with Crippen LogP contribution in [0.3, 0.4) is 0 Å². The van der Waals surface area contributed by atoms with Crippen LogP contribution < -0.4 is 15.4 Å². The van der Waals surface area contributed by atoms with Crippen LogP contribution in [-0.4, -0.2) is 50.1 Å². The SMILES string of the molecule is CCNC(=O)C1CNCCN1Cc1ccc(OC)c(F)c1. The molecule has 5 nitrogen and oxygen atoms in total. The molecule has 0 aromatic heterocycles. The minimum atomic E-state index is -0.375. The van der Waals surface area contributed by atoms with Crippen LogP contribution >= 0.6 is 0 Å². The number of hydrogen-bond acceptors (Lipinski definition) is 4. The predicted molar refractivity (Wildman–Crippen MR) is 78.7 cm³/mol. The lowest BCUT2D eigenvalue weighted by Crippen LogP contribution is -2.57. The van der Waals surface area contributed by atoms with Crippen molar-refractivity contribution in [3.05, 3.63) is 29.6 Å². The van der Waals surface area contributed by atoms with E-state index in [9.17, 15) is 9.18 Å². The first kappa shape index (κ1) is 15.7. The third-order valence-corrected chi connectivity index (χ3v) is 3.61. The molecule has 0 aliphatic carbocycles. The largest absolute Gasteiger partial charge is 0.494 e. The van der Waals surface area contributed by atoms with E-state index in [0.29, 0.717) is 19.6 Å². The van der Waals surface area contributed by atoms with E-state index in [1.54, 1.807) is 6.07 Å². The summed E-state index contributed by atoms with van der Waals surface area (Å²) in [6.07, 6.45) is 0. The van der Waals surface area contributed by atoms with Crippen molar-refractivity contribution < 1.29 is 13.9 Å². The first-order valence-corrected chi connectivity index (χ1v) is 7.20. The van der Waals surface area contributed by atoms with Gasteiger partial charge in [-0.2, -0.15) is 0 Å². The van der Waals surface area contributed by atoms with Gasteiger partial charge in [-0.25, -0.2) is 4.39 Å². The maximum Gasteiger partial charge on any atom is 0.238 e. The molecular formula is C15H22FN3O2. The Morgan fingerprint density at radius 2 is 2.38 bits per heavy atom. The van der Waals surface area contributed by atoms with E-state index >= 15 is 0 Å². The number of hydrogen-bond donors (Lipinski definition) is 2. The van der Waals surface area contributed by atoms with E-state index < -0.39 is 0 Å². The Morgan fingerprint density at radius 3 is 3.05 bits per heavy atom. The van der Waals surface area contributed by atoms with E-state index in [-0.39, 0.29) is 23.5 Å². The number of carbonyl (C=O) groups excluding carboxylic acids is 1. The summed E-state index contributed by atoms with van der Waals surface area (Å²) in [7, 11) is 1.44. The number of likely N-dealkylation sites (N-methyl/N-ethyl adjacent to an activating group) is 1. The average Bonchev–Trinajstić information content (AvgIpc) is 2.48. The van der Waals surface area contributed by atoms with Crippen LogP contribution in [-0.2, 0) is 11.3 Å². The van der Waals surface area contributed by atoms with Crippen molar-refractivity contribution >= 4 is 5.91 Å². The Bertz CT molecular complexity index is 496. The fourth-order valence-electron chi connectivity index (χ4n) is 2.53. The molecule has 0 bridgehead atoms. The van der Waals surface area contributed by atoms with Crippen molar-refractivity contribution in [2.45, 2.75) is 19.5 Å². The fraction of sp³-hybridized carbons (Fsp3) is 0.533. The molecular weight excluding hydrogens is 273 g/mol. The summed E-state index contributed by atoms with van der Waals surface area (Å²) >= 11 is 0. The molecule has 1 amide bonds. The lowest BCUT2D eigenvalue weighted by molar-refractivity contribution is -0.127. The zero-order chi connectivity index (χ0) is 15.2. The van der Waals surface area contributed by atoms with Gasteiger partial charge in [-0.3, -0.25) is 9.69 Å². The fourth-order valence-corrected chi connectivity index (χ4v) is 2.53. The number of halogens is 1. The van der Waals surface area contributed by atoms with Gasteiger partial charge in [0, 0.05) is 32.7 Å². The van der Waals surface area contributed by atoms with Gasteiger partial charge in [0.05, 0.1) is 7.11 Å². The van der Waals surface area contributed by atoms with Crippen LogP contribution in [0, 0.1) is 5.82 Å². The van der Waals surface area contributed by atoms with E-state index in [2.05, 4.69) is 15.5 Å². The van der Waals surface area contributed by atoms with Gasteiger partial charge in [0.25, 0.3) is 0 Å². The number of rotatable bonds is 5. The van der Waals surface area contributed by atoms with Crippen molar-refractivity contribution in [2.75, 3.05) is 33.3 Å². The maximum atomic E-state index is 13.7. The molecule has 2 rings (SSSR count). The summed E-state index contributed by atoms with van der Waals surface area (Å²) in [6, 6.07) is 4.70. The van der Waals surface area contributed by atoms with Gasteiger partial charge in [0.2, 0.25) is 5.91 Å². The first-order valence-electron chi connectivity index (χ1n) is 7.20. The zero-order valence-corrected chi connectivity index (χ0v) is 12.5. The standard InChI is InChI=1S/C15H22FN3O2/c1-3-18-15(20)13-9-17-6-7-19(13)10-11-4-5-14(21-2)12(16)8-11/h4-5,8,13,17H,3,6-7,9-10H2,1-2H3,(H,18,20). The summed E-state index contributed by atoms with van der Waals surface area (Å²) < 4.78 is 18.7. The molecule has 1 unspecified atom stereocenters. The van der Waals surface area contributed by atoms with Gasteiger partial charge in [-0.15, -0.1) is 0 Å². The number of benzene rings is 1. The van der Waals surface area contributed by atoms with Crippen molar-refractivity contribution in [1.29, 1.82) is 0 Å². The van der Waals surface area contributed by atoms with Gasteiger partial charge in [-0.1, -0.05) is 6.07 Å². The van der Waals surface area contributed by atoms with Crippen molar-refractivity contribution in [1.82, 2.24) is 15.5 Å². The third-order valence-electron chi connectivity index (χ3n) is 3.61. The molecule has 1 aliphatic heterocycles. The monoisotopic (exact) mass is 295 g/mol. The second-order valence-corrected chi connectivity index (χ2v) is 5.05. The molecule has 0 radical (unpaired) electrons. The molecule has 1 aromatic carbocycles. The highest BCUT2D eigenvalue weighted by Gasteiger charge is 2.28. The van der Waals surface area contributed by atoms with Crippen molar-refractivity contribution in [3.63, 3.8) is 0 Å². The van der Waals surface area contributed by atoms with Gasteiger partial charge in [0.15, 0.2) is 11.6 Å².